The van der Waals surface area contributed by atoms with Crippen LogP contribution in [-0.2, 0) is 22.7 Å². The van der Waals surface area contributed by atoms with Crippen molar-refractivity contribution in [2.24, 2.45) is 0 Å². The van der Waals surface area contributed by atoms with Crippen LogP contribution in [0.3, 0.4) is 0 Å². The minimum Gasteiger partial charge on any atom is -0.452 e. The van der Waals surface area contributed by atoms with Gasteiger partial charge in [-0.3, -0.25) is 0 Å². The Morgan fingerprint density at radius 3 is 2.60 bits per heavy atom. The molecule has 0 atom stereocenters. The first-order valence-electron chi connectivity index (χ1n) is 9.19. The summed E-state index contributed by atoms with van der Waals surface area (Å²) in [4.78, 5) is 21.7. The van der Waals surface area contributed by atoms with Crippen molar-refractivity contribution < 1.29 is 18.8 Å². The summed E-state index contributed by atoms with van der Waals surface area (Å²) in [6.45, 7) is 1.90. The van der Waals surface area contributed by atoms with Crippen LogP contribution >= 0.6 is 11.6 Å². The van der Waals surface area contributed by atoms with Crippen molar-refractivity contribution in [1.82, 2.24) is 15.1 Å². The van der Waals surface area contributed by atoms with Gasteiger partial charge in [-0.25, -0.2) is 9.78 Å². The molecule has 2 aromatic heterocycles. The monoisotopic (exact) mass is 423 g/mol. The third kappa shape index (κ3) is 4.03. The second-order valence-corrected chi connectivity index (χ2v) is 7.04. The molecule has 0 saturated heterocycles. The lowest BCUT2D eigenvalue weighted by Gasteiger charge is -2.13. The molecule has 0 aliphatic rings. The summed E-state index contributed by atoms with van der Waals surface area (Å²) in [5.74, 6) is 0.0541. The van der Waals surface area contributed by atoms with Gasteiger partial charge in [0.05, 0.1) is 23.4 Å². The number of rotatable bonds is 6. The molecule has 2 aromatic carbocycles. The minimum atomic E-state index is -0.524. The number of para-hydroxylation sites is 1. The number of methoxy groups -OCH3 is 1. The van der Waals surface area contributed by atoms with Crippen LogP contribution in [0.15, 0.2) is 53.1 Å². The second kappa shape index (κ2) is 8.61. The summed E-state index contributed by atoms with van der Waals surface area (Å²) in [6, 6.07) is 14.7. The average Bonchev–Trinajstić information content (AvgIpc) is 3.22. The first-order chi connectivity index (χ1) is 14.6. The number of aryl methyl sites for hydroxylation is 1. The van der Waals surface area contributed by atoms with Crippen molar-refractivity contribution in [2.75, 3.05) is 7.11 Å². The van der Waals surface area contributed by atoms with Crippen LogP contribution in [0, 0.1) is 6.92 Å². The molecule has 8 heteroatoms. The number of hydrogen-bond acceptors (Lipinski definition) is 7. The van der Waals surface area contributed by atoms with E-state index < -0.39 is 5.97 Å². The van der Waals surface area contributed by atoms with Crippen LogP contribution in [0.2, 0.25) is 5.02 Å². The standard InChI is InChI=1S/C22H18ClN3O4/c1-13-16-5-3-4-6-17(16)24-18(11-28-2)20(13)22(27)29-12-19-25-21(26-30-19)14-7-9-15(23)10-8-14/h3-10H,11-12H2,1-2H3. The van der Waals surface area contributed by atoms with Crippen LogP contribution in [0.1, 0.15) is 27.5 Å². The van der Waals surface area contributed by atoms with E-state index in [9.17, 15) is 4.79 Å². The number of halogens is 1. The van der Waals surface area contributed by atoms with Gasteiger partial charge in [0.2, 0.25) is 5.82 Å². The Labute approximate surface area is 177 Å². The zero-order valence-corrected chi connectivity index (χ0v) is 17.1. The van der Waals surface area contributed by atoms with E-state index in [-0.39, 0.29) is 19.1 Å². The molecule has 0 spiro atoms. The molecule has 0 fully saturated rings. The number of nitrogens with zero attached hydrogens (tertiary/aromatic N) is 3. The Balaban J connectivity index is 1.56. The number of fused-ring (bicyclic) bond motifs is 1. The topological polar surface area (TPSA) is 87.3 Å². The van der Waals surface area contributed by atoms with E-state index >= 15 is 0 Å². The first-order valence-corrected chi connectivity index (χ1v) is 9.57. The molecule has 0 aliphatic heterocycles. The van der Waals surface area contributed by atoms with Crippen molar-refractivity contribution in [3.63, 3.8) is 0 Å². The molecule has 0 unspecified atom stereocenters. The van der Waals surface area contributed by atoms with E-state index in [2.05, 4.69) is 15.1 Å². The zero-order valence-electron chi connectivity index (χ0n) is 16.4. The predicted molar refractivity (Wildman–Crippen MR) is 111 cm³/mol. The van der Waals surface area contributed by atoms with Crippen LogP contribution in [0.25, 0.3) is 22.3 Å². The summed E-state index contributed by atoms with van der Waals surface area (Å²) in [5.41, 5.74) is 3.23. The number of benzene rings is 2. The maximum atomic E-state index is 12.9. The quantitative estimate of drug-likeness (QED) is 0.413. The van der Waals surface area contributed by atoms with Crippen LogP contribution in [0.4, 0.5) is 0 Å². The fraction of sp³-hybridized carbons (Fsp3) is 0.182. The highest BCUT2D eigenvalue weighted by Crippen LogP contribution is 2.25. The third-order valence-corrected chi connectivity index (χ3v) is 4.86. The van der Waals surface area contributed by atoms with E-state index in [1.54, 1.807) is 31.4 Å². The fourth-order valence-electron chi connectivity index (χ4n) is 3.18. The smallest absolute Gasteiger partial charge is 0.340 e. The predicted octanol–water partition coefficient (Wildman–Crippen LogP) is 4.75. The maximum Gasteiger partial charge on any atom is 0.340 e. The highest BCUT2D eigenvalue weighted by molar-refractivity contribution is 6.30. The number of hydrogen-bond donors (Lipinski definition) is 0. The van der Waals surface area contributed by atoms with E-state index in [0.29, 0.717) is 22.1 Å². The fourth-order valence-corrected chi connectivity index (χ4v) is 3.31. The number of ether oxygens (including phenoxy) is 2. The van der Waals surface area contributed by atoms with Gasteiger partial charge in [0, 0.05) is 23.1 Å². The first kappa shape index (κ1) is 20.0. The summed E-state index contributed by atoms with van der Waals surface area (Å²) >= 11 is 5.90. The van der Waals surface area contributed by atoms with E-state index in [4.69, 9.17) is 25.6 Å². The van der Waals surface area contributed by atoms with Gasteiger partial charge in [0.15, 0.2) is 6.61 Å². The Morgan fingerprint density at radius 2 is 1.83 bits per heavy atom. The highest BCUT2D eigenvalue weighted by atomic mass is 35.5. The number of carbonyl (C=O) groups excluding carboxylic acids is 1. The molecule has 4 aromatic rings. The van der Waals surface area contributed by atoms with Gasteiger partial charge in [0.25, 0.3) is 5.89 Å². The van der Waals surface area contributed by atoms with Gasteiger partial charge in [-0.1, -0.05) is 35.0 Å². The van der Waals surface area contributed by atoms with Gasteiger partial charge in [-0.05, 0) is 42.8 Å². The lowest BCUT2D eigenvalue weighted by atomic mass is 10.0. The van der Waals surface area contributed by atoms with Crippen LogP contribution in [-0.4, -0.2) is 28.2 Å². The van der Waals surface area contributed by atoms with Crippen molar-refractivity contribution in [1.29, 1.82) is 0 Å². The van der Waals surface area contributed by atoms with Gasteiger partial charge in [-0.15, -0.1) is 0 Å². The summed E-state index contributed by atoms with van der Waals surface area (Å²) in [5, 5.41) is 5.41. The van der Waals surface area contributed by atoms with Crippen LogP contribution < -0.4 is 0 Å². The number of esters is 1. The molecule has 0 radical (unpaired) electrons. The summed E-state index contributed by atoms with van der Waals surface area (Å²) in [6.07, 6.45) is 0. The summed E-state index contributed by atoms with van der Waals surface area (Å²) in [7, 11) is 1.55. The van der Waals surface area contributed by atoms with Crippen molar-refractivity contribution in [3.05, 3.63) is 76.3 Å². The zero-order chi connectivity index (χ0) is 21.1. The van der Waals surface area contributed by atoms with Gasteiger partial charge in [-0.2, -0.15) is 4.98 Å². The Morgan fingerprint density at radius 1 is 1.07 bits per heavy atom. The molecule has 0 amide bonds. The largest absolute Gasteiger partial charge is 0.452 e. The molecule has 30 heavy (non-hydrogen) atoms. The SMILES string of the molecule is COCc1nc2ccccc2c(C)c1C(=O)OCc1nc(-c2ccc(Cl)cc2)no1. The molecule has 2 heterocycles. The van der Waals surface area contributed by atoms with Crippen LogP contribution in [0.5, 0.6) is 0 Å². The normalized spacial score (nSPS) is 11.0. The molecule has 4 rings (SSSR count). The van der Waals surface area contributed by atoms with Gasteiger partial charge >= 0.3 is 5.97 Å². The molecule has 0 aliphatic carbocycles. The van der Waals surface area contributed by atoms with E-state index in [1.165, 1.54) is 0 Å². The minimum absolute atomic E-state index is 0.155. The molecule has 152 valence electrons. The average molecular weight is 424 g/mol. The second-order valence-electron chi connectivity index (χ2n) is 6.60. The lowest BCUT2D eigenvalue weighted by Crippen LogP contribution is -2.13. The molecular formula is C22H18ClN3O4. The number of aromatic nitrogens is 3. The lowest BCUT2D eigenvalue weighted by molar-refractivity contribution is 0.0423. The van der Waals surface area contributed by atoms with E-state index in [1.807, 2.05) is 31.2 Å². The Hall–Kier alpha value is -3.29. The highest BCUT2D eigenvalue weighted by Gasteiger charge is 2.21. The van der Waals surface area contributed by atoms with Crippen molar-refractivity contribution >= 4 is 28.5 Å². The maximum absolute atomic E-state index is 12.9. The molecule has 7 nitrogen and oxygen atoms in total. The molecule has 0 saturated carbocycles. The molecular weight excluding hydrogens is 406 g/mol. The third-order valence-electron chi connectivity index (χ3n) is 4.61. The Bertz CT molecular complexity index is 1200. The van der Waals surface area contributed by atoms with Gasteiger partial charge < -0.3 is 14.0 Å². The summed E-state index contributed by atoms with van der Waals surface area (Å²) < 4.78 is 15.9. The van der Waals surface area contributed by atoms with Crippen molar-refractivity contribution in [3.8, 4) is 11.4 Å². The molecule has 0 N–H and O–H groups in total. The van der Waals surface area contributed by atoms with Crippen molar-refractivity contribution in [2.45, 2.75) is 20.1 Å². The van der Waals surface area contributed by atoms with Gasteiger partial charge in [0.1, 0.15) is 0 Å². The Kier molecular flexibility index (Phi) is 5.74. The van der Waals surface area contributed by atoms with E-state index in [0.717, 1.165) is 22.0 Å². The molecule has 0 bridgehead atoms. The number of carbonyl (C=O) groups is 1. The number of pyridine rings is 1.